The third-order valence-electron chi connectivity index (χ3n) is 6.63. The minimum absolute atomic E-state index is 0.00243. The third kappa shape index (κ3) is 4.23. The van der Waals surface area contributed by atoms with Gasteiger partial charge in [-0.15, -0.1) is 0 Å². The summed E-state index contributed by atoms with van der Waals surface area (Å²) in [6, 6.07) is 18.9. The molecule has 2 aliphatic rings. The highest BCUT2D eigenvalue weighted by atomic mass is 16.5. The molecule has 7 heteroatoms. The van der Waals surface area contributed by atoms with Crippen LogP contribution in [0.15, 0.2) is 73.1 Å². The second kappa shape index (κ2) is 8.49. The van der Waals surface area contributed by atoms with Gasteiger partial charge >= 0.3 is 0 Å². The molecule has 2 fully saturated rings. The summed E-state index contributed by atoms with van der Waals surface area (Å²) in [5.74, 6) is 0.795. The molecule has 1 saturated carbocycles. The Morgan fingerprint density at radius 1 is 1.03 bits per heavy atom. The molecule has 1 N–H and O–H groups in total. The highest BCUT2D eigenvalue weighted by Gasteiger charge is 2.58. The van der Waals surface area contributed by atoms with Crippen LogP contribution < -0.4 is 10.1 Å². The first-order chi connectivity index (χ1) is 15.6. The van der Waals surface area contributed by atoms with Gasteiger partial charge < -0.3 is 15.0 Å². The van der Waals surface area contributed by atoms with E-state index in [-0.39, 0.29) is 29.8 Å². The van der Waals surface area contributed by atoms with Crippen molar-refractivity contribution in [2.24, 2.45) is 11.3 Å². The van der Waals surface area contributed by atoms with Gasteiger partial charge in [-0.1, -0.05) is 18.2 Å². The predicted octanol–water partition coefficient (Wildman–Crippen LogP) is 3.52. The average molecular weight is 431 g/mol. The number of hydrogen-bond donors (Lipinski definition) is 1. The number of para-hydroxylation sites is 1. The van der Waals surface area contributed by atoms with Crippen LogP contribution in [0.25, 0.3) is 5.69 Å². The van der Waals surface area contributed by atoms with E-state index in [0.29, 0.717) is 18.8 Å². The van der Waals surface area contributed by atoms with E-state index in [0.717, 1.165) is 30.6 Å². The first-order valence-corrected chi connectivity index (χ1v) is 11.0. The summed E-state index contributed by atoms with van der Waals surface area (Å²) in [5.41, 5.74) is 1.78. The molecule has 1 aromatic heterocycles. The number of carbonyl (C=O) groups excluding carboxylic acids is 2. The van der Waals surface area contributed by atoms with E-state index < -0.39 is 0 Å². The van der Waals surface area contributed by atoms with Gasteiger partial charge in [0.05, 0.1) is 5.69 Å². The summed E-state index contributed by atoms with van der Waals surface area (Å²) in [4.78, 5) is 27.2. The third-order valence-corrected chi connectivity index (χ3v) is 6.63. The van der Waals surface area contributed by atoms with E-state index >= 15 is 0 Å². The van der Waals surface area contributed by atoms with Crippen LogP contribution >= 0.6 is 0 Å². The Morgan fingerprint density at radius 3 is 2.47 bits per heavy atom. The molecular weight excluding hydrogens is 404 g/mol. The number of hydrogen-bond acceptors (Lipinski definition) is 4. The van der Waals surface area contributed by atoms with Gasteiger partial charge in [0.25, 0.3) is 5.91 Å². The first-order valence-electron chi connectivity index (χ1n) is 11.0. The molecule has 32 heavy (non-hydrogen) atoms. The molecule has 5 rings (SSSR count). The smallest absolute Gasteiger partial charge is 0.260 e. The average Bonchev–Trinajstić information content (AvgIpc) is 3.25. The Morgan fingerprint density at radius 2 is 1.78 bits per heavy atom. The van der Waals surface area contributed by atoms with Crippen molar-refractivity contribution in [1.82, 2.24) is 14.7 Å². The summed E-state index contributed by atoms with van der Waals surface area (Å²) < 4.78 is 7.36. The minimum Gasteiger partial charge on any atom is -0.484 e. The van der Waals surface area contributed by atoms with E-state index in [1.165, 1.54) is 0 Å². The maximum absolute atomic E-state index is 12.8. The highest BCUT2D eigenvalue weighted by Crippen LogP contribution is 2.59. The lowest BCUT2D eigenvalue weighted by molar-refractivity contribution is -0.135. The zero-order chi connectivity index (χ0) is 22.0. The summed E-state index contributed by atoms with van der Waals surface area (Å²) in [6.45, 7) is 1.41. The van der Waals surface area contributed by atoms with Crippen LogP contribution in [0.5, 0.6) is 5.75 Å². The molecule has 1 aliphatic carbocycles. The lowest BCUT2D eigenvalue weighted by Gasteiger charge is -2.32. The van der Waals surface area contributed by atoms with Crippen molar-refractivity contribution in [3.05, 3.63) is 73.1 Å². The molecule has 1 atom stereocenters. The summed E-state index contributed by atoms with van der Waals surface area (Å²) >= 11 is 0. The van der Waals surface area contributed by atoms with Crippen LogP contribution in [0.3, 0.4) is 0 Å². The maximum Gasteiger partial charge on any atom is 0.260 e. The number of nitrogens with one attached hydrogen (secondary N) is 1. The molecule has 3 aromatic rings. The number of aromatic nitrogens is 2. The number of anilines is 1. The SMILES string of the molecule is O=C(Nc1ccc(-n2cccn2)cc1)C1CC12CCN(C(=O)COc1ccccc1)CC2. The molecule has 0 bridgehead atoms. The van der Waals surface area contributed by atoms with Crippen molar-refractivity contribution in [3.63, 3.8) is 0 Å². The van der Waals surface area contributed by atoms with E-state index in [1.54, 1.807) is 10.9 Å². The second-order valence-corrected chi connectivity index (χ2v) is 8.59. The van der Waals surface area contributed by atoms with Crippen LogP contribution in [0, 0.1) is 11.3 Å². The van der Waals surface area contributed by atoms with Crippen molar-refractivity contribution < 1.29 is 14.3 Å². The monoisotopic (exact) mass is 430 g/mol. The van der Waals surface area contributed by atoms with Gasteiger partial charge in [-0.2, -0.15) is 5.10 Å². The summed E-state index contributed by atoms with van der Waals surface area (Å²) in [6.07, 6.45) is 6.23. The van der Waals surface area contributed by atoms with Crippen LogP contribution in [-0.2, 0) is 9.59 Å². The Balaban J connectivity index is 1.10. The quantitative estimate of drug-likeness (QED) is 0.649. The lowest BCUT2D eigenvalue weighted by atomic mass is 9.90. The number of benzene rings is 2. The normalized spacial score (nSPS) is 18.9. The molecule has 7 nitrogen and oxygen atoms in total. The Kier molecular flexibility index (Phi) is 5.39. The van der Waals surface area contributed by atoms with Crippen LogP contribution in [0.1, 0.15) is 19.3 Å². The zero-order valence-electron chi connectivity index (χ0n) is 17.8. The van der Waals surface area contributed by atoms with E-state index in [4.69, 9.17) is 4.74 Å². The standard InChI is InChI=1S/C25H26N4O3/c30-23(18-32-21-5-2-1-3-6-21)28-15-11-25(12-16-28)17-22(25)24(31)27-19-7-9-20(10-8-19)29-14-4-13-26-29/h1-10,13-14,22H,11-12,15-18H2,(H,27,31). The van der Waals surface area contributed by atoms with E-state index in [1.807, 2.05) is 71.8 Å². The number of nitrogens with zero attached hydrogens (tertiary/aromatic N) is 3. The molecule has 1 spiro atoms. The van der Waals surface area contributed by atoms with Crippen molar-refractivity contribution in [2.45, 2.75) is 19.3 Å². The van der Waals surface area contributed by atoms with Crippen LogP contribution in [0.2, 0.25) is 0 Å². The number of likely N-dealkylation sites (tertiary alicyclic amines) is 1. The number of rotatable bonds is 6. The van der Waals surface area contributed by atoms with Gasteiger partial charge in [-0.05, 0) is 67.1 Å². The fourth-order valence-corrected chi connectivity index (χ4v) is 4.57. The van der Waals surface area contributed by atoms with Crippen molar-refractivity contribution in [1.29, 1.82) is 0 Å². The zero-order valence-corrected chi connectivity index (χ0v) is 17.8. The topological polar surface area (TPSA) is 76.5 Å². The van der Waals surface area contributed by atoms with Crippen molar-refractivity contribution in [2.75, 3.05) is 25.0 Å². The number of ether oxygens (including phenoxy) is 1. The van der Waals surface area contributed by atoms with Gasteiger partial charge in [0.1, 0.15) is 5.75 Å². The van der Waals surface area contributed by atoms with Gasteiger partial charge in [0.2, 0.25) is 5.91 Å². The number of carbonyl (C=O) groups is 2. The fourth-order valence-electron chi connectivity index (χ4n) is 4.57. The summed E-state index contributed by atoms with van der Waals surface area (Å²) in [5, 5.41) is 7.26. The Labute approximate surface area is 187 Å². The first kappa shape index (κ1) is 20.3. The van der Waals surface area contributed by atoms with Crippen LogP contribution in [-0.4, -0.2) is 46.2 Å². The Hall–Kier alpha value is -3.61. The minimum atomic E-state index is 0.00243. The number of piperidine rings is 1. The van der Waals surface area contributed by atoms with E-state index in [2.05, 4.69) is 10.4 Å². The van der Waals surface area contributed by atoms with Gasteiger partial charge in [-0.25, -0.2) is 4.68 Å². The molecule has 164 valence electrons. The Bertz CT molecular complexity index is 1070. The van der Waals surface area contributed by atoms with Gasteiger partial charge in [0.15, 0.2) is 6.61 Å². The van der Waals surface area contributed by atoms with Crippen molar-refractivity contribution >= 4 is 17.5 Å². The van der Waals surface area contributed by atoms with Crippen molar-refractivity contribution in [3.8, 4) is 11.4 Å². The van der Waals surface area contributed by atoms with Gasteiger partial charge in [0, 0.05) is 37.1 Å². The molecule has 0 radical (unpaired) electrons. The maximum atomic E-state index is 12.8. The lowest BCUT2D eigenvalue weighted by Crippen LogP contribution is -2.42. The highest BCUT2D eigenvalue weighted by molar-refractivity contribution is 5.95. The molecule has 1 unspecified atom stereocenters. The largest absolute Gasteiger partial charge is 0.484 e. The molecule has 2 aromatic carbocycles. The molecular formula is C25H26N4O3. The second-order valence-electron chi connectivity index (χ2n) is 8.59. The molecule has 2 amide bonds. The van der Waals surface area contributed by atoms with Crippen LogP contribution in [0.4, 0.5) is 5.69 Å². The summed E-state index contributed by atoms with van der Waals surface area (Å²) in [7, 11) is 0. The number of amides is 2. The predicted molar refractivity (Wildman–Crippen MR) is 120 cm³/mol. The molecule has 1 saturated heterocycles. The fraction of sp³-hybridized carbons (Fsp3) is 0.320. The van der Waals surface area contributed by atoms with Gasteiger partial charge in [-0.3, -0.25) is 9.59 Å². The molecule has 1 aliphatic heterocycles. The molecule has 2 heterocycles. The van der Waals surface area contributed by atoms with E-state index in [9.17, 15) is 9.59 Å².